The highest BCUT2D eigenvalue weighted by Crippen LogP contribution is 2.31. The lowest BCUT2D eigenvalue weighted by atomic mass is 10.1. The third kappa shape index (κ3) is 4.92. The zero-order valence-corrected chi connectivity index (χ0v) is 19.2. The van der Waals surface area contributed by atoms with Crippen LogP contribution in [0.25, 0.3) is 5.69 Å². The summed E-state index contributed by atoms with van der Waals surface area (Å²) in [6.45, 7) is 5.91. The molecule has 6 nitrogen and oxygen atoms in total. The number of hydrogen-bond donors (Lipinski definition) is 0. The van der Waals surface area contributed by atoms with E-state index in [1.165, 1.54) is 19.4 Å². The van der Waals surface area contributed by atoms with Crippen LogP contribution in [0, 0.1) is 12.8 Å². The summed E-state index contributed by atoms with van der Waals surface area (Å²) in [5.74, 6) is 1.60. The van der Waals surface area contributed by atoms with Crippen molar-refractivity contribution in [2.45, 2.75) is 45.3 Å². The lowest BCUT2D eigenvalue weighted by molar-refractivity contribution is 0.0944. The van der Waals surface area contributed by atoms with Crippen molar-refractivity contribution in [3.05, 3.63) is 75.6 Å². The van der Waals surface area contributed by atoms with E-state index in [0.29, 0.717) is 23.1 Å². The van der Waals surface area contributed by atoms with Crippen molar-refractivity contribution < 1.29 is 4.74 Å². The van der Waals surface area contributed by atoms with Gasteiger partial charge in [0.1, 0.15) is 6.10 Å². The van der Waals surface area contributed by atoms with Crippen molar-refractivity contribution in [1.29, 1.82) is 0 Å². The van der Waals surface area contributed by atoms with Crippen molar-refractivity contribution in [3.63, 3.8) is 0 Å². The summed E-state index contributed by atoms with van der Waals surface area (Å²) in [5, 5.41) is 0.561. The van der Waals surface area contributed by atoms with Crippen LogP contribution in [-0.4, -0.2) is 44.8 Å². The van der Waals surface area contributed by atoms with Crippen molar-refractivity contribution in [3.8, 4) is 11.6 Å². The van der Waals surface area contributed by atoms with Gasteiger partial charge in [0.05, 0.1) is 17.3 Å². The maximum absolute atomic E-state index is 12.9. The first-order valence-electron chi connectivity index (χ1n) is 11.4. The fourth-order valence-electron chi connectivity index (χ4n) is 4.34. The highest BCUT2D eigenvalue weighted by atomic mass is 35.5. The van der Waals surface area contributed by atoms with Gasteiger partial charge in [0, 0.05) is 44.3 Å². The Balaban J connectivity index is 1.19. The Morgan fingerprint density at radius 2 is 1.91 bits per heavy atom. The maximum atomic E-state index is 12.9. The molecule has 1 saturated carbocycles. The topological polar surface area (TPSA) is 52.3 Å². The van der Waals surface area contributed by atoms with Crippen LogP contribution in [0.3, 0.4) is 0 Å². The van der Waals surface area contributed by atoms with Crippen molar-refractivity contribution in [1.82, 2.24) is 19.0 Å². The molecule has 0 atom stereocenters. The number of benzene rings is 1. The number of pyridine rings is 1. The van der Waals surface area contributed by atoms with Crippen LogP contribution in [0.4, 0.5) is 0 Å². The van der Waals surface area contributed by atoms with Gasteiger partial charge in [-0.05, 0) is 61.8 Å². The maximum Gasteiger partial charge on any atom is 0.333 e. The molecular weight excluding hydrogens is 424 g/mol. The number of hydrogen-bond acceptors (Lipinski definition) is 4. The number of likely N-dealkylation sites (tertiary alicyclic amines) is 1. The van der Waals surface area contributed by atoms with Gasteiger partial charge in [0.2, 0.25) is 5.88 Å². The summed E-state index contributed by atoms with van der Waals surface area (Å²) in [7, 11) is 0. The van der Waals surface area contributed by atoms with Gasteiger partial charge >= 0.3 is 5.69 Å². The number of aromatic nitrogens is 3. The highest BCUT2D eigenvalue weighted by Gasteiger charge is 2.27. The monoisotopic (exact) mass is 452 g/mol. The molecule has 1 aliphatic carbocycles. The third-order valence-electron chi connectivity index (χ3n) is 6.40. The molecule has 0 spiro atoms. The second-order valence-corrected chi connectivity index (χ2v) is 9.51. The van der Waals surface area contributed by atoms with E-state index in [9.17, 15) is 4.79 Å². The molecule has 2 aromatic heterocycles. The smallest absolute Gasteiger partial charge is 0.333 e. The predicted molar refractivity (Wildman–Crippen MR) is 126 cm³/mol. The minimum atomic E-state index is -0.131. The minimum Gasteiger partial charge on any atom is -0.474 e. The summed E-state index contributed by atoms with van der Waals surface area (Å²) in [4.78, 5) is 19.9. The molecule has 0 unspecified atom stereocenters. The third-order valence-corrected chi connectivity index (χ3v) is 6.70. The highest BCUT2D eigenvalue weighted by molar-refractivity contribution is 6.32. The average Bonchev–Trinajstić information content (AvgIpc) is 3.54. The summed E-state index contributed by atoms with van der Waals surface area (Å²) in [6, 6.07) is 9.57. The minimum absolute atomic E-state index is 0.131. The van der Waals surface area contributed by atoms with Crippen LogP contribution in [0.1, 0.15) is 36.8 Å². The Morgan fingerprint density at radius 3 is 2.59 bits per heavy atom. The molecule has 3 heterocycles. The van der Waals surface area contributed by atoms with E-state index >= 15 is 0 Å². The van der Waals surface area contributed by atoms with E-state index in [-0.39, 0.29) is 11.8 Å². The van der Waals surface area contributed by atoms with E-state index in [1.807, 2.05) is 37.3 Å². The van der Waals surface area contributed by atoms with E-state index in [0.717, 1.165) is 43.0 Å². The fraction of sp³-hybridized carbons (Fsp3) is 0.440. The number of nitrogens with zero attached hydrogens (tertiary/aromatic N) is 4. The van der Waals surface area contributed by atoms with Crippen LogP contribution in [0.2, 0.25) is 5.02 Å². The van der Waals surface area contributed by atoms with Gasteiger partial charge in [-0.25, -0.2) is 9.78 Å². The first kappa shape index (κ1) is 21.3. The van der Waals surface area contributed by atoms with Gasteiger partial charge in [0.25, 0.3) is 0 Å². The molecule has 1 aliphatic heterocycles. The zero-order valence-electron chi connectivity index (χ0n) is 18.4. The molecular formula is C25H29ClN4O2. The van der Waals surface area contributed by atoms with Crippen LogP contribution < -0.4 is 10.4 Å². The van der Waals surface area contributed by atoms with Gasteiger partial charge < -0.3 is 9.64 Å². The van der Waals surface area contributed by atoms with Gasteiger partial charge in [-0.2, -0.15) is 0 Å². The lowest BCUT2D eigenvalue weighted by Crippen LogP contribution is -2.39. The van der Waals surface area contributed by atoms with Gasteiger partial charge in [-0.1, -0.05) is 23.7 Å². The molecule has 1 saturated heterocycles. The van der Waals surface area contributed by atoms with E-state index in [1.54, 1.807) is 27.7 Å². The number of aryl methyl sites for hydroxylation is 1. The Labute approximate surface area is 193 Å². The Kier molecular flexibility index (Phi) is 6.07. The van der Waals surface area contributed by atoms with Crippen LogP contribution >= 0.6 is 11.6 Å². The SMILES string of the molecule is Cc1ccc(-n2ccn(Cc3ccc(OC4CCN(CC5CC5)CC4)nc3)c2=O)c(Cl)c1. The number of imidazole rings is 1. The molecule has 2 fully saturated rings. The molecule has 168 valence electrons. The average molecular weight is 453 g/mol. The van der Waals surface area contributed by atoms with Crippen LogP contribution in [0.15, 0.2) is 53.7 Å². The molecule has 3 aromatic rings. The Morgan fingerprint density at radius 1 is 1.09 bits per heavy atom. The summed E-state index contributed by atoms with van der Waals surface area (Å²) in [6.07, 6.45) is 10.5. The summed E-state index contributed by atoms with van der Waals surface area (Å²) < 4.78 is 9.34. The molecule has 7 heteroatoms. The largest absolute Gasteiger partial charge is 0.474 e. The molecule has 32 heavy (non-hydrogen) atoms. The number of ether oxygens (including phenoxy) is 1. The number of piperidine rings is 1. The molecule has 1 aromatic carbocycles. The number of rotatable bonds is 7. The Bertz CT molecular complexity index is 1130. The van der Waals surface area contributed by atoms with Gasteiger partial charge in [0.15, 0.2) is 0 Å². The predicted octanol–water partition coefficient (Wildman–Crippen LogP) is 4.30. The molecule has 0 N–H and O–H groups in total. The zero-order chi connectivity index (χ0) is 22.1. The van der Waals surface area contributed by atoms with E-state index in [4.69, 9.17) is 16.3 Å². The second-order valence-electron chi connectivity index (χ2n) is 9.10. The quantitative estimate of drug-likeness (QED) is 0.536. The standard InChI is InChI=1S/C25H29ClN4O2/c1-18-2-6-23(22(26)14-18)30-13-12-29(25(30)31)17-20-5-7-24(27-15-20)32-21-8-10-28(11-9-21)16-19-3-4-19/h2,5-7,12-15,19,21H,3-4,8-11,16-17H2,1H3. The normalized spacial score (nSPS) is 17.6. The van der Waals surface area contributed by atoms with Crippen molar-refractivity contribution >= 4 is 11.6 Å². The molecule has 0 amide bonds. The molecule has 0 bridgehead atoms. The van der Waals surface area contributed by atoms with Crippen LogP contribution in [-0.2, 0) is 6.54 Å². The van der Waals surface area contributed by atoms with Crippen molar-refractivity contribution in [2.75, 3.05) is 19.6 Å². The Hall–Kier alpha value is -2.57. The first-order valence-corrected chi connectivity index (χ1v) is 11.8. The van der Waals surface area contributed by atoms with Gasteiger partial charge in [-0.3, -0.25) is 9.13 Å². The molecule has 2 aliphatic rings. The van der Waals surface area contributed by atoms with Gasteiger partial charge in [-0.15, -0.1) is 0 Å². The summed E-state index contributed by atoms with van der Waals surface area (Å²) in [5.41, 5.74) is 2.56. The molecule has 0 radical (unpaired) electrons. The summed E-state index contributed by atoms with van der Waals surface area (Å²) >= 11 is 6.34. The lowest BCUT2D eigenvalue weighted by Gasteiger charge is -2.31. The van der Waals surface area contributed by atoms with E-state index < -0.39 is 0 Å². The van der Waals surface area contributed by atoms with Crippen molar-refractivity contribution in [2.24, 2.45) is 5.92 Å². The second kappa shape index (κ2) is 9.12. The molecule has 5 rings (SSSR count). The number of halogens is 1. The first-order chi connectivity index (χ1) is 15.5. The van der Waals surface area contributed by atoms with Crippen LogP contribution in [0.5, 0.6) is 5.88 Å². The fourth-order valence-corrected chi connectivity index (χ4v) is 4.67. The van der Waals surface area contributed by atoms with E-state index in [2.05, 4.69) is 9.88 Å².